The van der Waals surface area contributed by atoms with Gasteiger partial charge < -0.3 is 4.90 Å². The van der Waals surface area contributed by atoms with Gasteiger partial charge in [0.25, 0.3) is 0 Å². The average molecular weight is 167 g/mol. The molecule has 70 valence electrons. The third-order valence-corrected chi connectivity index (χ3v) is 3.73. The minimum absolute atomic E-state index is 0.961. The maximum absolute atomic E-state index is 2.69. The average Bonchev–Trinajstić information content (AvgIpc) is 2.70. The van der Waals surface area contributed by atoms with Gasteiger partial charge in [0.2, 0.25) is 0 Å². The Hall–Kier alpha value is -0.0400. The molecule has 1 aliphatic carbocycles. The Bertz CT molecular complexity index is 141. The van der Waals surface area contributed by atoms with Crippen molar-refractivity contribution in [2.75, 3.05) is 19.6 Å². The zero-order chi connectivity index (χ0) is 8.55. The fraction of sp³-hybridized carbons (Fsp3) is 1.00. The molecule has 1 saturated carbocycles. The number of rotatable bonds is 4. The number of piperidine rings is 1. The van der Waals surface area contributed by atoms with Crippen molar-refractivity contribution >= 4 is 0 Å². The van der Waals surface area contributed by atoms with E-state index in [4.69, 9.17) is 0 Å². The van der Waals surface area contributed by atoms with E-state index in [2.05, 4.69) is 18.7 Å². The Balaban J connectivity index is 1.72. The van der Waals surface area contributed by atoms with E-state index < -0.39 is 0 Å². The van der Waals surface area contributed by atoms with Crippen molar-refractivity contribution in [3.8, 4) is 0 Å². The maximum Gasteiger partial charge on any atom is 0.00131 e. The van der Waals surface area contributed by atoms with Gasteiger partial charge in [0.1, 0.15) is 0 Å². The third-order valence-electron chi connectivity index (χ3n) is 3.73. The van der Waals surface area contributed by atoms with Gasteiger partial charge in [-0.3, -0.25) is 0 Å². The summed E-state index contributed by atoms with van der Waals surface area (Å²) < 4.78 is 0. The van der Waals surface area contributed by atoms with Gasteiger partial charge in [-0.1, -0.05) is 26.7 Å². The van der Waals surface area contributed by atoms with Crippen LogP contribution in [0.15, 0.2) is 0 Å². The summed E-state index contributed by atoms with van der Waals surface area (Å²) in [6.45, 7) is 8.86. The van der Waals surface area contributed by atoms with Gasteiger partial charge in [-0.15, -0.1) is 0 Å². The molecule has 2 unspecified atom stereocenters. The van der Waals surface area contributed by atoms with Crippen LogP contribution in [-0.4, -0.2) is 24.5 Å². The van der Waals surface area contributed by atoms with Crippen LogP contribution < -0.4 is 0 Å². The zero-order valence-electron chi connectivity index (χ0n) is 8.42. The molecule has 0 aromatic heterocycles. The zero-order valence-corrected chi connectivity index (χ0v) is 8.42. The predicted octanol–water partition coefficient (Wildman–Crippen LogP) is 2.37. The second kappa shape index (κ2) is 3.37. The lowest BCUT2D eigenvalue weighted by atomic mass is 10.0. The van der Waals surface area contributed by atoms with Crippen LogP contribution in [0.25, 0.3) is 0 Å². The molecular formula is C11H21N. The van der Waals surface area contributed by atoms with E-state index in [0.717, 1.165) is 17.8 Å². The molecule has 0 aromatic carbocycles. The van der Waals surface area contributed by atoms with E-state index in [9.17, 15) is 0 Å². The van der Waals surface area contributed by atoms with Gasteiger partial charge in [0, 0.05) is 19.6 Å². The molecule has 12 heavy (non-hydrogen) atoms. The van der Waals surface area contributed by atoms with E-state index in [1.54, 1.807) is 6.42 Å². The molecule has 0 amide bonds. The molecular weight excluding hydrogens is 146 g/mol. The van der Waals surface area contributed by atoms with Crippen molar-refractivity contribution in [1.82, 2.24) is 4.90 Å². The first-order valence-corrected chi connectivity index (χ1v) is 5.55. The summed E-state index contributed by atoms with van der Waals surface area (Å²) in [5.74, 6) is 3.18. The lowest BCUT2D eigenvalue weighted by Crippen LogP contribution is -2.28. The quantitative estimate of drug-likeness (QED) is 0.621. The number of nitrogens with zero attached hydrogens (tertiary/aromatic N) is 1. The highest BCUT2D eigenvalue weighted by Crippen LogP contribution is 2.45. The molecule has 0 bridgehead atoms. The molecule has 0 N–H and O–H groups in total. The first-order valence-electron chi connectivity index (χ1n) is 5.55. The molecule has 1 saturated heterocycles. The van der Waals surface area contributed by atoms with Gasteiger partial charge in [-0.05, 0) is 24.2 Å². The molecule has 1 aliphatic heterocycles. The highest BCUT2D eigenvalue weighted by molar-refractivity contribution is 4.96. The van der Waals surface area contributed by atoms with Crippen molar-refractivity contribution in [1.29, 1.82) is 0 Å². The van der Waals surface area contributed by atoms with E-state index in [1.165, 1.54) is 32.5 Å². The standard InChI is InChI=1S/C11H21N/c1-3-9(4-2)6-12-7-10-5-11(10)8-12/h9-11H,3-8H2,1-2H3. The van der Waals surface area contributed by atoms with Crippen molar-refractivity contribution in [2.24, 2.45) is 17.8 Å². The summed E-state index contributed by atoms with van der Waals surface area (Å²) in [6, 6.07) is 0. The Morgan fingerprint density at radius 3 is 2.25 bits per heavy atom. The minimum Gasteiger partial charge on any atom is -0.302 e. The van der Waals surface area contributed by atoms with E-state index in [1.807, 2.05) is 0 Å². The van der Waals surface area contributed by atoms with Crippen LogP contribution >= 0.6 is 0 Å². The van der Waals surface area contributed by atoms with Gasteiger partial charge in [0.15, 0.2) is 0 Å². The molecule has 2 aliphatic rings. The van der Waals surface area contributed by atoms with Crippen LogP contribution in [0.4, 0.5) is 0 Å². The monoisotopic (exact) mass is 167 g/mol. The summed E-state index contributed by atoms with van der Waals surface area (Å²) in [7, 11) is 0. The highest BCUT2D eigenvalue weighted by atomic mass is 15.2. The normalized spacial score (nSPS) is 34.2. The van der Waals surface area contributed by atoms with Crippen molar-refractivity contribution in [3.05, 3.63) is 0 Å². The molecule has 1 heteroatoms. The molecule has 2 rings (SSSR count). The SMILES string of the molecule is CCC(CC)CN1CC2CC2C1. The van der Waals surface area contributed by atoms with E-state index >= 15 is 0 Å². The third kappa shape index (κ3) is 1.66. The minimum atomic E-state index is 0.961. The summed E-state index contributed by atoms with van der Waals surface area (Å²) in [4.78, 5) is 2.69. The first kappa shape index (κ1) is 8.55. The van der Waals surface area contributed by atoms with Crippen LogP contribution in [0.3, 0.4) is 0 Å². The Morgan fingerprint density at radius 1 is 1.17 bits per heavy atom. The lowest BCUT2D eigenvalue weighted by Gasteiger charge is -2.22. The lowest BCUT2D eigenvalue weighted by molar-refractivity contribution is 0.246. The second-order valence-corrected chi connectivity index (χ2v) is 4.66. The highest BCUT2D eigenvalue weighted by Gasteiger charge is 2.44. The van der Waals surface area contributed by atoms with Crippen LogP contribution in [0, 0.1) is 17.8 Å². The van der Waals surface area contributed by atoms with Gasteiger partial charge in [-0.25, -0.2) is 0 Å². The molecule has 0 radical (unpaired) electrons. The van der Waals surface area contributed by atoms with Gasteiger partial charge in [0.05, 0.1) is 0 Å². The molecule has 1 heterocycles. The largest absolute Gasteiger partial charge is 0.302 e. The number of hydrogen-bond acceptors (Lipinski definition) is 1. The second-order valence-electron chi connectivity index (χ2n) is 4.66. The Labute approximate surface area is 76.1 Å². The van der Waals surface area contributed by atoms with Crippen LogP contribution in [0.1, 0.15) is 33.1 Å². The summed E-state index contributed by atoms with van der Waals surface area (Å²) >= 11 is 0. The molecule has 2 atom stereocenters. The maximum atomic E-state index is 2.69. The molecule has 0 aromatic rings. The molecule has 1 nitrogen and oxygen atoms in total. The van der Waals surface area contributed by atoms with Gasteiger partial charge in [-0.2, -0.15) is 0 Å². The number of fused-ring (bicyclic) bond motifs is 1. The molecule has 2 fully saturated rings. The van der Waals surface area contributed by atoms with E-state index in [0.29, 0.717) is 0 Å². The van der Waals surface area contributed by atoms with Crippen molar-refractivity contribution in [2.45, 2.75) is 33.1 Å². The topological polar surface area (TPSA) is 3.24 Å². The Kier molecular flexibility index (Phi) is 2.40. The van der Waals surface area contributed by atoms with E-state index in [-0.39, 0.29) is 0 Å². The number of likely N-dealkylation sites (tertiary alicyclic amines) is 1. The number of hydrogen-bond donors (Lipinski definition) is 0. The summed E-state index contributed by atoms with van der Waals surface area (Å²) in [5, 5.41) is 0. The molecule has 0 spiro atoms. The first-order chi connectivity index (χ1) is 5.83. The predicted molar refractivity (Wildman–Crippen MR) is 52.1 cm³/mol. The van der Waals surface area contributed by atoms with Crippen molar-refractivity contribution < 1.29 is 0 Å². The van der Waals surface area contributed by atoms with Crippen LogP contribution in [-0.2, 0) is 0 Å². The van der Waals surface area contributed by atoms with Crippen LogP contribution in [0.2, 0.25) is 0 Å². The fourth-order valence-corrected chi connectivity index (χ4v) is 2.56. The summed E-state index contributed by atoms with van der Waals surface area (Å²) in [5.41, 5.74) is 0. The van der Waals surface area contributed by atoms with Crippen LogP contribution in [0.5, 0.6) is 0 Å². The fourth-order valence-electron chi connectivity index (χ4n) is 2.56. The smallest absolute Gasteiger partial charge is 0.00131 e. The van der Waals surface area contributed by atoms with Gasteiger partial charge >= 0.3 is 0 Å². The Morgan fingerprint density at radius 2 is 1.75 bits per heavy atom. The van der Waals surface area contributed by atoms with Crippen molar-refractivity contribution in [3.63, 3.8) is 0 Å². The summed E-state index contributed by atoms with van der Waals surface area (Å²) in [6.07, 6.45) is 4.27.